The van der Waals surface area contributed by atoms with Crippen molar-refractivity contribution in [1.29, 1.82) is 0 Å². The summed E-state index contributed by atoms with van der Waals surface area (Å²) in [7, 11) is -2.54. The molecule has 0 bridgehead atoms. The first-order chi connectivity index (χ1) is 8.53. The second kappa shape index (κ2) is 5.38. The van der Waals surface area contributed by atoms with E-state index < -0.39 is 28.0 Å². The summed E-state index contributed by atoms with van der Waals surface area (Å²) in [5.74, 6) is -0.0197. The van der Waals surface area contributed by atoms with Gasteiger partial charge < -0.3 is 4.74 Å². The molecule has 0 aliphatic rings. The van der Waals surface area contributed by atoms with Gasteiger partial charge in [-0.15, -0.1) is 0 Å². The van der Waals surface area contributed by atoms with Crippen LogP contribution in [-0.2, 0) is 20.5 Å². The Morgan fingerprint density at radius 2 is 1.79 bits per heavy atom. The molecule has 1 aromatic carbocycles. The van der Waals surface area contributed by atoms with E-state index in [9.17, 15) is 21.6 Å². The molecule has 19 heavy (non-hydrogen) atoms. The second-order valence-electron chi connectivity index (χ2n) is 3.94. The molecular formula is C11H13F3O4S. The fourth-order valence-electron chi connectivity index (χ4n) is 1.46. The lowest BCUT2D eigenvalue weighted by Gasteiger charge is -2.15. The number of ether oxygens (including phenoxy) is 1. The van der Waals surface area contributed by atoms with Gasteiger partial charge in [0, 0.05) is 0 Å². The lowest BCUT2D eigenvalue weighted by atomic mass is 10.1. The lowest BCUT2D eigenvalue weighted by Crippen LogP contribution is -2.10. The minimum absolute atomic E-state index is 0.0197. The predicted octanol–water partition coefficient (Wildman–Crippen LogP) is 2.75. The number of alkyl halides is 3. The molecule has 0 amide bonds. The molecule has 0 heterocycles. The minimum Gasteiger partial charge on any atom is -0.497 e. The van der Waals surface area contributed by atoms with Crippen LogP contribution < -0.4 is 4.74 Å². The average Bonchev–Trinajstić information content (AvgIpc) is 2.25. The van der Waals surface area contributed by atoms with Crippen LogP contribution in [0.25, 0.3) is 0 Å². The van der Waals surface area contributed by atoms with Crippen LogP contribution >= 0.6 is 0 Å². The van der Waals surface area contributed by atoms with Gasteiger partial charge in [0.2, 0.25) is 0 Å². The summed E-state index contributed by atoms with van der Waals surface area (Å²) in [5, 5.41) is 0. The molecule has 0 aliphatic carbocycles. The zero-order chi connectivity index (χ0) is 14.8. The third kappa shape index (κ3) is 4.71. The van der Waals surface area contributed by atoms with Crippen LogP contribution in [0.5, 0.6) is 5.75 Å². The standard InChI is InChI=1S/C11H13F3O4S/c1-7(18-19(3,15)16)8-4-9(11(12,13)14)6-10(5-8)17-2/h4-7H,1-3H3. The maximum absolute atomic E-state index is 12.7. The van der Waals surface area contributed by atoms with Gasteiger partial charge in [-0.05, 0) is 30.7 Å². The fraction of sp³-hybridized carbons (Fsp3) is 0.455. The maximum atomic E-state index is 12.7. The van der Waals surface area contributed by atoms with Crippen LogP contribution in [0.1, 0.15) is 24.2 Å². The molecule has 0 saturated carbocycles. The van der Waals surface area contributed by atoms with Gasteiger partial charge in [0.25, 0.3) is 10.1 Å². The molecule has 0 saturated heterocycles. The van der Waals surface area contributed by atoms with E-state index in [2.05, 4.69) is 4.18 Å². The normalized spacial score (nSPS) is 14.2. The first kappa shape index (κ1) is 15.8. The van der Waals surface area contributed by atoms with Crippen molar-refractivity contribution in [2.24, 2.45) is 0 Å². The topological polar surface area (TPSA) is 52.6 Å². The fourth-order valence-corrected chi connectivity index (χ4v) is 2.09. The molecule has 0 aliphatic heterocycles. The molecule has 0 spiro atoms. The lowest BCUT2D eigenvalue weighted by molar-refractivity contribution is -0.137. The minimum atomic E-state index is -4.55. The Bertz CT molecular complexity index is 552. The van der Waals surface area contributed by atoms with Crippen molar-refractivity contribution in [3.63, 3.8) is 0 Å². The van der Waals surface area contributed by atoms with E-state index in [0.717, 1.165) is 18.4 Å². The number of hydrogen-bond acceptors (Lipinski definition) is 4. The summed E-state index contributed by atoms with van der Waals surface area (Å²) in [6, 6.07) is 2.96. The molecular weight excluding hydrogens is 285 g/mol. The Hall–Kier alpha value is -1.28. The van der Waals surface area contributed by atoms with Gasteiger partial charge in [-0.3, -0.25) is 4.18 Å². The third-order valence-corrected chi connectivity index (χ3v) is 2.92. The molecule has 0 aromatic heterocycles. The molecule has 1 rings (SSSR count). The van der Waals surface area contributed by atoms with Gasteiger partial charge in [0.1, 0.15) is 5.75 Å². The first-order valence-corrected chi connectivity index (χ1v) is 6.99. The SMILES string of the molecule is COc1cc(C(C)OS(C)(=O)=O)cc(C(F)(F)F)c1. The Balaban J connectivity index is 3.21. The van der Waals surface area contributed by atoms with E-state index in [1.54, 1.807) is 0 Å². The average molecular weight is 298 g/mol. The van der Waals surface area contributed by atoms with E-state index in [4.69, 9.17) is 4.74 Å². The smallest absolute Gasteiger partial charge is 0.416 e. The van der Waals surface area contributed by atoms with Gasteiger partial charge in [-0.1, -0.05) is 0 Å². The Morgan fingerprint density at radius 3 is 2.21 bits per heavy atom. The Labute approximate surface area is 109 Å². The number of rotatable bonds is 4. The van der Waals surface area contributed by atoms with Crippen LogP contribution in [0.3, 0.4) is 0 Å². The largest absolute Gasteiger partial charge is 0.497 e. The van der Waals surface area contributed by atoms with Crippen molar-refractivity contribution in [3.05, 3.63) is 29.3 Å². The van der Waals surface area contributed by atoms with E-state index >= 15 is 0 Å². The highest BCUT2D eigenvalue weighted by Gasteiger charge is 2.32. The Morgan fingerprint density at radius 1 is 1.21 bits per heavy atom. The molecule has 108 valence electrons. The molecule has 0 radical (unpaired) electrons. The highest BCUT2D eigenvalue weighted by molar-refractivity contribution is 7.86. The maximum Gasteiger partial charge on any atom is 0.416 e. The second-order valence-corrected chi connectivity index (χ2v) is 5.54. The van der Waals surface area contributed by atoms with Crippen molar-refractivity contribution >= 4 is 10.1 Å². The molecule has 1 aromatic rings. The van der Waals surface area contributed by atoms with Crippen LogP contribution in [0.2, 0.25) is 0 Å². The summed E-state index contributed by atoms with van der Waals surface area (Å²) in [6.45, 7) is 1.34. The van der Waals surface area contributed by atoms with Crippen LogP contribution in [0.15, 0.2) is 18.2 Å². The van der Waals surface area contributed by atoms with Crippen molar-refractivity contribution in [3.8, 4) is 5.75 Å². The summed E-state index contributed by atoms with van der Waals surface area (Å²) >= 11 is 0. The zero-order valence-corrected chi connectivity index (χ0v) is 11.3. The highest BCUT2D eigenvalue weighted by atomic mass is 32.2. The van der Waals surface area contributed by atoms with Crippen LogP contribution in [0.4, 0.5) is 13.2 Å². The summed E-state index contributed by atoms with van der Waals surface area (Å²) in [6.07, 6.45) is -4.76. The van der Waals surface area contributed by atoms with E-state index in [-0.39, 0.29) is 11.3 Å². The van der Waals surface area contributed by atoms with Crippen molar-refractivity contribution in [2.45, 2.75) is 19.2 Å². The molecule has 1 atom stereocenters. The van der Waals surface area contributed by atoms with Crippen molar-refractivity contribution < 1.29 is 30.5 Å². The van der Waals surface area contributed by atoms with Crippen LogP contribution in [0, 0.1) is 0 Å². The summed E-state index contributed by atoms with van der Waals surface area (Å²) in [4.78, 5) is 0. The number of halogens is 3. The van der Waals surface area contributed by atoms with Gasteiger partial charge in [-0.2, -0.15) is 21.6 Å². The molecule has 1 unspecified atom stereocenters. The van der Waals surface area contributed by atoms with Crippen molar-refractivity contribution in [1.82, 2.24) is 0 Å². The number of hydrogen-bond donors (Lipinski definition) is 0. The number of benzene rings is 1. The van der Waals surface area contributed by atoms with Crippen molar-refractivity contribution in [2.75, 3.05) is 13.4 Å². The Kier molecular flexibility index (Phi) is 4.46. The van der Waals surface area contributed by atoms with Gasteiger partial charge >= 0.3 is 6.18 Å². The zero-order valence-electron chi connectivity index (χ0n) is 10.5. The van der Waals surface area contributed by atoms with Crippen LogP contribution in [-0.4, -0.2) is 21.8 Å². The van der Waals surface area contributed by atoms with Gasteiger partial charge in [0.05, 0.1) is 25.0 Å². The molecule has 8 heteroatoms. The monoisotopic (exact) mass is 298 g/mol. The summed E-state index contributed by atoms with van der Waals surface area (Å²) < 4.78 is 69.4. The predicted molar refractivity (Wildman–Crippen MR) is 62.3 cm³/mol. The quantitative estimate of drug-likeness (QED) is 0.802. The van der Waals surface area contributed by atoms with E-state index in [0.29, 0.717) is 0 Å². The molecule has 0 N–H and O–H groups in total. The van der Waals surface area contributed by atoms with E-state index in [1.165, 1.54) is 20.1 Å². The van der Waals surface area contributed by atoms with E-state index in [1.807, 2.05) is 0 Å². The highest BCUT2D eigenvalue weighted by Crippen LogP contribution is 2.34. The summed E-state index contributed by atoms with van der Waals surface area (Å²) in [5.41, 5.74) is -0.858. The third-order valence-electron chi connectivity index (χ3n) is 2.28. The molecule has 4 nitrogen and oxygen atoms in total. The number of methoxy groups -OCH3 is 1. The van der Waals surface area contributed by atoms with Gasteiger partial charge in [0.15, 0.2) is 0 Å². The van der Waals surface area contributed by atoms with Gasteiger partial charge in [-0.25, -0.2) is 0 Å². The first-order valence-electron chi connectivity index (χ1n) is 5.17. The molecule has 0 fully saturated rings.